The van der Waals surface area contributed by atoms with Gasteiger partial charge in [0.25, 0.3) is 5.91 Å². The van der Waals surface area contributed by atoms with E-state index >= 15 is 0 Å². The molecule has 1 amide bonds. The Kier molecular flexibility index (Phi) is 5.43. The summed E-state index contributed by atoms with van der Waals surface area (Å²) in [5.74, 6) is 0.618. The van der Waals surface area contributed by atoms with E-state index < -0.39 is 6.10 Å². The lowest BCUT2D eigenvalue weighted by Gasteiger charge is -2.18. The van der Waals surface area contributed by atoms with Crippen LogP contribution in [0.5, 0.6) is 5.75 Å². The zero-order valence-electron chi connectivity index (χ0n) is 14.6. The number of hydrogen-bond acceptors (Lipinski definition) is 2. The summed E-state index contributed by atoms with van der Waals surface area (Å²) in [5.41, 5.74) is 5.32. The topological polar surface area (TPSA) is 38.3 Å². The molecule has 1 atom stereocenters. The van der Waals surface area contributed by atoms with Gasteiger partial charge in [0.05, 0.1) is 0 Å². The van der Waals surface area contributed by atoms with Crippen LogP contribution in [0.1, 0.15) is 36.1 Å². The summed E-state index contributed by atoms with van der Waals surface area (Å²) in [7, 11) is 0. The molecular weight excluding hydrogens is 286 g/mol. The number of amides is 1. The van der Waals surface area contributed by atoms with Crippen molar-refractivity contribution in [3.63, 3.8) is 0 Å². The molecule has 0 heterocycles. The number of carbonyl (C=O) groups is 1. The van der Waals surface area contributed by atoms with E-state index in [4.69, 9.17) is 4.74 Å². The molecule has 2 rings (SSSR count). The number of hydrogen-bond donors (Lipinski definition) is 1. The van der Waals surface area contributed by atoms with E-state index in [0.717, 1.165) is 34.5 Å². The Labute approximate surface area is 138 Å². The summed E-state index contributed by atoms with van der Waals surface area (Å²) in [5, 5.41) is 3.02. The predicted octanol–water partition coefficient (Wildman–Crippen LogP) is 4.58. The lowest BCUT2D eigenvalue weighted by atomic mass is 10.1. The smallest absolute Gasteiger partial charge is 0.265 e. The Bertz CT molecular complexity index is 707. The Hall–Kier alpha value is -2.29. The zero-order valence-corrected chi connectivity index (χ0v) is 14.6. The van der Waals surface area contributed by atoms with Crippen LogP contribution in [0.4, 0.5) is 5.69 Å². The van der Waals surface area contributed by atoms with E-state index in [0.29, 0.717) is 0 Å². The maximum atomic E-state index is 12.5. The number of para-hydroxylation sites is 1. The molecule has 122 valence electrons. The number of carbonyl (C=O) groups excluding carboxylic acids is 1. The summed E-state index contributed by atoms with van der Waals surface area (Å²) in [4.78, 5) is 12.5. The van der Waals surface area contributed by atoms with Gasteiger partial charge in [-0.3, -0.25) is 4.79 Å². The second-order valence-corrected chi connectivity index (χ2v) is 5.98. The molecule has 1 N–H and O–H groups in total. The van der Waals surface area contributed by atoms with Crippen molar-refractivity contribution in [2.24, 2.45) is 0 Å². The van der Waals surface area contributed by atoms with Crippen LogP contribution in [-0.4, -0.2) is 12.0 Å². The van der Waals surface area contributed by atoms with Gasteiger partial charge in [-0.05, 0) is 56.9 Å². The Morgan fingerprint density at radius 3 is 2.52 bits per heavy atom. The first-order chi connectivity index (χ1) is 10.9. The molecular formula is C20H25NO2. The van der Waals surface area contributed by atoms with Gasteiger partial charge in [-0.2, -0.15) is 0 Å². The minimum Gasteiger partial charge on any atom is -0.481 e. The van der Waals surface area contributed by atoms with Crippen molar-refractivity contribution in [1.82, 2.24) is 0 Å². The molecule has 1 unspecified atom stereocenters. The van der Waals surface area contributed by atoms with Crippen LogP contribution in [0.25, 0.3) is 0 Å². The fourth-order valence-corrected chi connectivity index (χ4v) is 2.60. The quantitative estimate of drug-likeness (QED) is 0.877. The van der Waals surface area contributed by atoms with Crippen molar-refractivity contribution in [2.75, 3.05) is 5.32 Å². The van der Waals surface area contributed by atoms with E-state index in [9.17, 15) is 4.79 Å². The van der Waals surface area contributed by atoms with Gasteiger partial charge in [-0.25, -0.2) is 0 Å². The molecule has 0 aliphatic rings. The van der Waals surface area contributed by atoms with Gasteiger partial charge < -0.3 is 10.1 Å². The third-order valence-corrected chi connectivity index (χ3v) is 3.99. The molecule has 0 aromatic heterocycles. The minimum atomic E-state index is -0.555. The highest BCUT2D eigenvalue weighted by Gasteiger charge is 2.17. The van der Waals surface area contributed by atoms with Crippen molar-refractivity contribution in [3.8, 4) is 5.75 Å². The number of benzene rings is 2. The Morgan fingerprint density at radius 2 is 1.87 bits per heavy atom. The third kappa shape index (κ3) is 4.13. The van der Waals surface area contributed by atoms with Crippen molar-refractivity contribution in [3.05, 3.63) is 58.7 Å². The first-order valence-electron chi connectivity index (χ1n) is 8.05. The lowest BCUT2D eigenvalue weighted by molar-refractivity contribution is -0.122. The van der Waals surface area contributed by atoms with Crippen LogP contribution in [0.2, 0.25) is 0 Å². The number of anilines is 1. The SMILES string of the molecule is CCc1cccc(C)c1NC(=O)C(C)Oc1ccc(C)cc1C. The summed E-state index contributed by atoms with van der Waals surface area (Å²) in [6, 6.07) is 12.0. The largest absolute Gasteiger partial charge is 0.481 e. The van der Waals surface area contributed by atoms with Crippen LogP contribution >= 0.6 is 0 Å². The van der Waals surface area contributed by atoms with Crippen LogP contribution < -0.4 is 10.1 Å². The molecule has 3 heteroatoms. The number of ether oxygens (including phenoxy) is 1. The van der Waals surface area contributed by atoms with Gasteiger partial charge >= 0.3 is 0 Å². The van der Waals surface area contributed by atoms with Gasteiger partial charge in [-0.1, -0.05) is 42.8 Å². The van der Waals surface area contributed by atoms with Crippen molar-refractivity contribution in [2.45, 2.75) is 47.1 Å². The second kappa shape index (κ2) is 7.32. The van der Waals surface area contributed by atoms with Crippen molar-refractivity contribution >= 4 is 11.6 Å². The molecule has 0 aliphatic carbocycles. The number of rotatable bonds is 5. The lowest BCUT2D eigenvalue weighted by Crippen LogP contribution is -2.31. The average molecular weight is 311 g/mol. The first kappa shape index (κ1) is 17.1. The van der Waals surface area contributed by atoms with Crippen molar-refractivity contribution < 1.29 is 9.53 Å². The van der Waals surface area contributed by atoms with Crippen LogP contribution in [0, 0.1) is 20.8 Å². The average Bonchev–Trinajstić information content (AvgIpc) is 2.51. The normalized spacial score (nSPS) is 11.9. The molecule has 23 heavy (non-hydrogen) atoms. The minimum absolute atomic E-state index is 0.131. The number of aryl methyl sites for hydroxylation is 4. The van der Waals surface area contributed by atoms with Gasteiger partial charge in [0.1, 0.15) is 5.75 Å². The second-order valence-electron chi connectivity index (χ2n) is 5.98. The van der Waals surface area contributed by atoms with Crippen molar-refractivity contribution in [1.29, 1.82) is 0 Å². The fourth-order valence-electron chi connectivity index (χ4n) is 2.60. The van der Waals surface area contributed by atoms with Crippen LogP contribution in [0.3, 0.4) is 0 Å². The molecule has 0 aliphatic heterocycles. The highest BCUT2D eigenvalue weighted by Crippen LogP contribution is 2.23. The molecule has 2 aromatic carbocycles. The van der Waals surface area contributed by atoms with E-state index in [1.54, 1.807) is 6.92 Å². The summed E-state index contributed by atoms with van der Waals surface area (Å²) in [6.07, 6.45) is 0.324. The summed E-state index contributed by atoms with van der Waals surface area (Å²) < 4.78 is 5.84. The standard InChI is InChI=1S/C20H25NO2/c1-6-17-9-7-8-14(3)19(17)21-20(22)16(5)23-18-11-10-13(2)12-15(18)4/h7-12,16H,6H2,1-5H3,(H,21,22). The molecule has 0 radical (unpaired) electrons. The molecule has 0 saturated carbocycles. The molecule has 0 bridgehead atoms. The third-order valence-electron chi connectivity index (χ3n) is 3.99. The predicted molar refractivity (Wildman–Crippen MR) is 95.2 cm³/mol. The molecule has 0 fully saturated rings. The Balaban J connectivity index is 2.12. The maximum absolute atomic E-state index is 12.5. The van der Waals surface area contributed by atoms with Gasteiger partial charge in [0.15, 0.2) is 6.10 Å². The highest BCUT2D eigenvalue weighted by molar-refractivity contribution is 5.95. The molecule has 0 spiro atoms. The Morgan fingerprint density at radius 1 is 1.13 bits per heavy atom. The highest BCUT2D eigenvalue weighted by atomic mass is 16.5. The fraction of sp³-hybridized carbons (Fsp3) is 0.350. The summed E-state index contributed by atoms with van der Waals surface area (Å²) in [6.45, 7) is 9.89. The van der Waals surface area contributed by atoms with E-state index in [1.165, 1.54) is 5.56 Å². The van der Waals surface area contributed by atoms with E-state index in [-0.39, 0.29) is 5.91 Å². The number of nitrogens with one attached hydrogen (secondary N) is 1. The van der Waals surface area contributed by atoms with Crippen LogP contribution in [-0.2, 0) is 11.2 Å². The van der Waals surface area contributed by atoms with Gasteiger partial charge in [0, 0.05) is 5.69 Å². The first-order valence-corrected chi connectivity index (χ1v) is 8.05. The molecule has 0 saturated heterocycles. The van der Waals surface area contributed by atoms with E-state index in [1.807, 2.05) is 51.1 Å². The van der Waals surface area contributed by atoms with Gasteiger partial charge in [-0.15, -0.1) is 0 Å². The zero-order chi connectivity index (χ0) is 17.0. The van der Waals surface area contributed by atoms with E-state index in [2.05, 4.69) is 18.3 Å². The van der Waals surface area contributed by atoms with Crippen LogP contribution in [0.15, 0.2) is 36.4 Å². The molecule has 3 nitrogen and oxygen atoms in total. The maximum Gasteiger partial charge on any atom is 0.265 e. The molecule has 2 aromatic rings. The monoisotopic (exact) mass is 311 g/mol. The van der Waals surface area contributed by atoms with Gasteiger partial charge in [0.2, 0.25) is 0 Å². The summed E-state index contributed by atoms with van der Waals surface area (Å²) >= 11 is 0.